The van der Waals surface area contributed by atoms with Gasteiger partial charge in [0.05, 0.1) is 23.8 Å². The Kier molecular flexibility index (Phi) is 5.65. The average Bonchev–Trinajstić information content (AvgIpc) is 3.20. The van der Waals surface area contributed by atoms with E-state index in [1.165, 1.54) is 4.90 Å². The van der Waals surface area contributed by atoms with Gasteiger partial charge in [0.2, 0.25) is 0 Å². The molecule has 1 fully saturated rings. The van der Waals surface area contributed by atoms with Crippen LogP contribution in [0.15, 0.2) is 48.7 Å². The number of benzene rings is 2. The van der Waals surface area contributed by atoms with Gasteiger partial charge in [-0.15, -0.1) is 5.10 Å². The minimum absolute atomic E-state index is 0.0659. The van der Waals surface area contributed by atoms with Gasteiger partial charge < -0.3 is 15.3 Å². The van der Waals surface area contributed by atoms with Crippen LogP contribution in [0, 0.1) is 12.8 Å². The number of carboxylic acid groups (broad SMARTS) is 1. The highest BCUT2D eigenvalue weighted by atomic mass is 35.5. The molecule has 4 rings (SSSR count). The largest absolute Gasteiger partial charge is 0.481 e. The summed E-state index contributed by atoms with van der Waals surface area (Å²) in [7, 11) is 0. The molecule has 2 heterocycles. The molecule has 1 unspecified atom stereocenters. The van der Waals surface area contributed by atoms with Gasteiger partial charge in [-0.3, -0.25) is 9.59 Å². The Morgan fingerprint density at radius 1 is 1.19 bits per heavy atom. The van der Waals surface area contributed by atoms with Crippen molar-refractivity contribution in [2.24, 2.45) is 5.92 Å². The van der Waals surface area contributed by atoms with Crippen LogP contribution < -0.4 is 5.32 Å². The standard InChI is InChI=1S/C22H22ClN5O3/c1-13-9-17(5-8-19(13)23)24-14(2)20-12-28(26-25-20)18-6-3-15(4-7-18)21(29)27-10-16(11-27)22(30)31/h3-9,12,14,16,24H,10-11H2,1-2H3,(H,30,31). The second-order valence-electron chi connectivity index (χ2n) is 7.71. The number of carbonyl (C=O) groups is 2. The van der Waals surface area contributed by atoms with Crippen molar-refractivity contribution in [1.82, 2.24) is 19.9 Å². The maximum Gasteiger partial charge on any atom is 0.310 e. The number of aliphatic carboxylic acids is 1. The molecule has 1 amide bonds. The van der Waals surface area contributed by atoms with E-state index in [-0.39, 0.29) is 25.0 Å². The highest BCUT2D eigenvalue weighted by molar-refractivity contribution is 6.31. The maximum absolute atomic E-state index is 12.4. The molecule has 0 saturated carbocycles. The van der Waals surface area contributed by atoms with E-state index in [4.69, 9.17) is 16.7 Å². The number of aryl methyl sites for hydroxylation is 1. The Balaban J connectivity index is 1.41. The quantitative estimate of drug-likeness (QED) is 0.609. The van der Waals surface area contributed by atoms with Crippen LogP contribution in [0.2, 0.25) is 5.02 Å². The summed E-state index contributed by atoms with van der Waals surface area (Å²) in [6, 6.07) is 12.7. The molecule has 160 valence electrons. The summed E-state index contributed by atoms with van der Waals surface area (Å²) in [4.78, 5) is 24.9. The fraction of sp³-hybridized carbons (Fsp3) is 0.273. The zero-order valence-electron chi connectivity index (χ0n) is 17.1. The summed E-state index contributed by atoms with van der Waals surface area (Å²) in [6.07, 6.45) is 1.84. The van der Waals surface area contributed by atoms with Crippen LogP contribution >= 0.6 is 11.6 Å². The second-order valence-corrected chi connectivity index (χ2v) is 8.12. The molecular formula is C22H22ClN5O3. The van der Waals surface area contributed by atoms with Gasteiger partial charge >= 0.3 is 5.97 Å². The summed E-state index contributed by atoms with van der Waals surface area (Å²) in [6.45, 7) is 4.45. The fourth-order valence-electron chi connectivity index (χ4n) is 3.40. The first-order valence-electron chi connectivity index (χ1n) is 9.89. The molecule has 2 aromatic carbocycles. The number of carboxylic acids is 1. The molecule has 8 nitrogen and oxygen atoms in total. The zero-order chi connectivity index (χ0) is 22.1. The van der Waals surface area contributed by atoms with Crippen molar-refractivity contribution in [2.45, 2.75) is 19.9 Å². The minimum Gasteiger partial charge on any atom is -0.481 e. The maximum atomic E-state index is 12.4. The lowest BCUT2D eigenvalue weighted by molar-refractivity contribution is -0.146. The number of nitrogens with zero attached hydrogens (tertiary/aromatic N) is 4. The van der Waals surface area contributed by atoms with Gasteiger partial charge in [-0.2, -0.15) is 0 Å². The highest BCUT2D eigenvalue weighted by Gasteiger charge is 2.35. The lowest BCUT2D eigenvalue weighted by atomic mass is 9.99. The molecule has 1 saturated heterocycles. The molecule has 2 N–H and O–H groups in total. The molecule has 0 spiro atoms. The van der Waals surface area contributed by atoms with Crippen LogP contribution in [0.25, 0.3) is 5.69 Å². The number of nitrogens with one attached hydrogen (secondary N) is 1. The molecule has 1 aliphatic heterocycles. The summed E-state index contributed by atoms with van der Waals surface area (Å²) in [5.74, 6) is -1.50. The van der Waals surface area contributed by atoms with Gasteiger partial charge in [0.25, 0.3) is 5.91 Å². The minimum atomic E-state index is -0.865. The van der Waals surface area contributed by atoms with Crippen molar-refractivity contribution in [3.05, 3.63) is 70.5 Å². The third-order valence-corrected chi connectivity index (χ3v) is 5.82. The van der Waals surface area contributed by atoms with Crippen LogP contribution in [0.1, 0.15) is 34.6 Å². The average molecular weight is 440 g/mol. The van der Waals surface area contributed by atoms with Crippen molar-refractivity contribution in [2.75, 3.05) is 18.4 Å². The number of carbonyl (C=O) groups excluding carboxylic acids is 1. The van der Waals surface area contributed by atoms with Crippen molar-refractivity contribution in [3.8, 4) is 5.69 Å². The molecule has 31 heavy (non-hydrogen) atoms. The fourth-order valence-corrected chi connectivity index (χ4v) is 3.52. The normalized spacial score (nSPS) is 14.7. The van der Waals surface area contributed by atoms with E-state index in [9.17, 15) is 9.59 Å². The topological polar surface area (TPSA) is 100 Å². The lowest BCUT2D eigenvalue weighted by Gasteiger charge is -2.36. The molecule has 0 radical (unpaired) electrons. The summed E-state index contributed by atoms with van der Waals surface area (Å²) < 4.78 is 1.65. The molecule has 1 aromatic heterocycles. The lowest BCUT2D eigenvalue weighted by Crippen LogP contribution is -2.53. The van der Waals surface area contributed by atoms with Crippen molar-refractivity contribution >= 4 is 29.2 Å². The molecule has 3 aromatic rings. The van der Waals surface area contributed by atoms with E-state index in [0.29, 0.717) is 5.56 Å². The number of likely N-dealkylation sites (tertiary alicyclic amines) is 1. The summed E-state index contributed by atoms with van der Waals surface area (Å²) in [5, 5.41) is 21.5. The number of halogens is 1. The van der Waals surface area contributed by atoms with Crippen LogP contribution in [0.5, 0.6) is 0 Å². The third kappa shape index (κ3) is 4.39. The molecule has 1 aliphatic rings. The molecular weight excluding hydrogens is 418 g/mol. The monoisotopic (exact) mass is 439 g/mol. The van der Waals surface area contributed by atoms with Gasteiger partial charge in [0.1, 0.15) is 5.69 Å². The number of rotatable bonds is 6. The van der Waals surface area contributed by atoms with Crippen LogP contribution in [-0.4, -0.2) is 50.0 Å². The van der Waals surface area contributed by atoms with Crippen LogP contribution in [0.3, 0.4) is 0 Å². The molecule has 0 aliphatic carbocycles. The predicted octanol–water partition coefficient (Wildman–Crippen LogP) is 3.56. The Labute approximate surface area is 184 Å². The van der Waals surface area contributed by atoms with Gasteiger partial charge in [0, 0.05) is 29.4 Å². The first kappa shape index (κ1) is 20.9. The zero-order valence-corrected chi connectivity index (χ0v) is 17.9. The van der Waals surface area contributed by atoms with Crippen LogP contribution in [-0.2, 0) is 4.79 Å². The van der Waals surface area contributed by atoms with Gasteiger partial charge in [-0.1, -0.05) is 16.8 Å². The van der Waals surface area contributed by atoms with Crippen LogP contribution in [0.4, 0.5) is 5.69 Å². The molecule has 1 atom stereocenters. The smallest absolute Gasteiger partial charge is 0.310 e. The van der Waals surface area contributed by atoms with E-state index in [1.54, 1.807) is 28.9 Å². The third-order valence-electron chi connectivity index (χ3n) is 5.39. The number of anilines is 1. The van der Waals surface area contributed by atoms with Crippen molar-refractivity contribution < 1.29 is 14.7 Å². The van der Waals surface area contributed by atoms with Gasteiger partial charge in [-0.05, 0) is 61.9 Å². The SMILES string of the molecule is Cc1cc(NC(C)c2cn(-c3ccc(C(=O)N4CC(C(=O)O)C4)cc3)nn2)ccc1Cl. The van der Waals surface area contributed by atoms with Crippen molar-refractivity contribution in [3.63, 3.8) is 0 Å². The van der Waals surface area contributed by atoms with E-state index in [1.807, 2.05) is 38.2 Å². The van der Waals surface area contributed by atoms with E-state index in [2.05, 4.69) is 15.6 Å². The molecule has 9 heteroatoms. The summed E-state index contributed by atoms with van der Waals surface area (Å²) >= 11 is 6.08. The van der Waals surface area contributed by atoms with E-state index >= 15 is 0 Å². The first-order chi connectivity index (χ1) is 14.8. The predicted molar refractivity (Wildman–Crippen MR) is 117 cm³/mol. The Morgan fingerprint density at radius 3 is 2.55 bits per heavy atom. The second kappa shape index (κ2) is 8.39. The number of hydrogen-bond acceptors (Lipinski definition) is 5. The highest BCUT2D eigenvalue weighted by Crippen LogP contribution is 2.24. The Morgan fingerprint density at radius 2 is 1.90 bits per heavy atom. The molecule has 0 bridgehead atoms. The Hall–Kier alpha value is -3.39. The Bertz CT molecular complexity index is 1120. The van der Waals surface area contributed by atoms with Gasteiger partial charge in [-0.25, -0.2) is 4.68 Å². The van der Waals surface area contributed by atoms with Gasteiger partial charge in [0.15, 0.2) is 0 Å². The summed E-state index contributed by atoms with van der Waals surface area (Å²) in [5.41, 5.74) is 4.00. The van der Waals surface area contributed by atoms with E-state index < -0.39 is 11.9 Å². The van der Waals surface area contributed by atoms with E-state index in [0.717, 1.165) is 27.7 Å². The first-order valence-corrected chi connectivity index (χ1v) is 10.3. The number of aromatic nitrogens is 3. The number of amides is 1. The van der Waals surface area contributed by atoms with Crippen molar-refractivity contribution in [1.29, 1.82) is 0 Å². The number of hydrogen-bond donors (Lipinski definition) is 2.